The molecule has 5 rings (SSSR count). The Kier molecular flexibility index (Phi) is 5.88. The average molecular weight is 486 g/mol. The minimum atomic E-state index is -3.93. The van der Waals surface area contributed by atoms with Gasteiger partial charge in [-0.3, -0.25) is 9.78 Å². The van der Waals surface area contributed by atoms with Gasteiger partial charge in [0.05, 0.1) is 10.4 Å². The van der Waals surface area contributed by atoms with Crippen LogP contribution in [-0.2, 0) is 16.6 Å². The molecule has 2 aromatic heterocycles. The molecule has 8 heteroatoms. The highest BCUT2D eigenvalue weighted by Crippen LogP contribution is 2.32. The van der Waals surface area contributed by atoms with E-state index in [1.165, 1.54) is 40.4 Å². The van der Waals surface area contributed by atoms with Crippen molar-refractivity contribution in [1.29, 1.82) is 0 Å². The summed E-state index contributed by atoms with van der Waals surface area (Å²) in [5, 5.41) is 3.47. The van der Waals surface area contributed by atoms with Gasteiger partial charge in [0.2, 0.25) is 0 Å². The highest BCUT2D eigenvalue weighted by Gasteiger charge is 2.22. The Morgan fingerprint density at radius 3 is 2.34 bits per heavy atom. The Bertz CT molecular complexity index is 1610. The van der Waals surface area contributed by atoms with Crippen LogP contribution in [0.3, 0.4) is 0 Å². The Balaban J connectivity index is 1.42. The molecule has 0 unspecified atom stereocenters. The zero-order valence-electron chi connectivity index (χ0n) is 18.4. The van der Waals surface area contributed by atoms with Gasteiger partial charge in [0, 0.05) is 41.6 Å². The van der Waals surface area contributed by atoms with E-state index in [1.54, 1.807) is 36.8 Å². The fourth-order valence-electron chi connectivity index (χ4n) is 3.87. The Morgan fingerprint density at radius 2 is 1.63 bits per heavy atom. The van der Waals surface area contributed by atoms with E-state index in [4.69, 9.17) is 0 Å². The van der Waals surface area contributed by atoms with E-state index in [1.807, 2.05) is 30.3 Å². The zero-order chi connectivity index (χ0) is 24.4. The van der Waals surface area contributed by atoms with Gasteiger partial charge in [-0.25, -0.2) is 16.8 Å². The number of hydrogen-bond donors (Lipinski definition) is 1. The molecule has 0 saturated heterocycles. The van der Waals surface area contributed by atoms with Crippen LogP contribution in [0.1, 0.15) is 15.9 Å². The van der Waals surface area contributed by atoms with Gasteiger partial charge in [-0.05, 0) is 53.6 Å². The fourth-order valence-corrected chi connectivity index (χ4v) is 5.24. The molecule has 0 bridgehead atoms. The SMILES string of the molecule is O=C(NCc1ccc(F)cc1)c1ccc(S(=O)(=O)n2cc(-c3ccccc3)c3cnccc32)cc1. The number of nitrogens with zero attached hydrogens (tertiary/aromatic N) is 2. The maximum Gasteiger partial charge on any atom is 0.268 e. The number of pyridine rings is 1. The molecule has 3 aromatic carbocycles. The van der Waals surface area contributed by atoms with E-state index in [0.717, 1.165) is 22.1 Å². The number of carbonyl (C=O) groups is 1. The molecule has 0 spiro atoms. The molecule has 1 N–H and O–H groups in total. The van der Waals surface area contributed by atoms with Crippen molar-refractivity contribution < 1.29 is 17.6 Å². The van der Waals surface area contributed by atoms with Gasteiger partial charge in [-0.1, -0.05) is 42.5 Å². The van der Waals surface area contributed by atoms with Crippen LogP contribution in [0.5, 0.6) is 0 Å². The molecule has 2 heterocycles. The van der Waals surface area contributed by atoms with Crippen molar-refractivity contribution in [1.82, 2.24) is 14.3 Å². The first-order valence-corrected chi connectivity index (χ1v) is 12.3. The number of amides is 1. The Labute approximate surface area is 201 Å². The van der Waals surface area contributed by atoms with Crippen LogP contribution in [0.25, 0.3) is 22.0 Å². The van der Waals surface area contributed by atoms with Crippen molar-refractivity contribution >= 4 is 26.8 Å². The number of carbonyl (C=O) groups excluding carboxylic acids is 1. The predicted molar refractivity (Wildman–Crippen MR) is 132 cm³/mol. The van der Waals surface area contributed by atoms with Crippen LogP contribution in [0, 0.1) is 5.82 Å². The number of benzene rings is 3. The molecular formula is C27H20FN3O3S. The normalized spacial score (nSPS) is 11.5. The average Bonchev–Trinajstić information content (AvgIpc) is 3.29. The maximum absolute atomic E-state index is 13.5. The van der Waals surface area contributed by atoms with Gasteiger partial charge < -0.3 is 5.32 Å². The molecule has 6 nitrogen and oxygen atoms in total. The molecule has 174 valence electrons. The van der Waals surface area contributed by atoms with Crippen molar-refractivity contribution in [3.05, 3.63) is 120 Å². The lowest BCUT2D eigenvalue weighted by Crippen LogP contribution is -2.22. The minimum Gasteiger partial charge on any atom is -0.348 e. The minimum absolute atomic E-state index is 0.0564. The largest absolute Gasteiger partial charge is 0.348 e. The van der Waals surface area contributed by atoms with E-state index >= 15 is 0 Å². The van der Waals surface area contributed by atoms with E-state index in [2.05, 4.69) is 10.3 Å². The third kappa shape index (κ3) is 4.43. The van der Waals surface area contributed by atoms with Gasteiger partial charge in [-0.2, -0.15) is 0 Å². The molecule has 0 atom stereocenters. The first kappa shape index (κ1) is 22.5. The monoisotopic (exact) mass is 485 g/mol. The Hall–Kier alpha value is -4.30. The predicted octanol–water partition coefficient (Wildman–Crippen LogP) is 5.01. The summed E-state index contributed by atoms with van der Waals surface area (Å²) < 4.78 is 41.3. The summed E-state index contributed by atoms with van der Waals surface area (Å²) in [4.78, 5) is 16.7. The highest BCUT2D eigenvalue weighted by atomic mass is 32.2. The Morgan fingerprint density at radius 1 is 0.914 bits per heavy atom. The van der Waals surface area contributed by atoms with Crippen LogP contribution in [0.4, 0.5) is 4.39 Å². The van der Waals surface area contributed by atoms with Gasteiger partial charge in [0.15, 0.2) is 0 Å². The van der Waals surface area contributed by atoms with E-state index in [-0.39, 0.29) is 23.2 Å². The van der Waals surface area contributed by atoms with Crippen LogP contribution in [-0.4, -0.2) is 23.3 Å². The quantitative estimate of drug-likeness (QED) is 0.367. The lowest BCUT2D eigenvalue weighted by atomic mass is 10.1. The summed E-state index contributed by atoms with van der Waals surface area (Å²) >= 11 is 0. The molecule has 0 aliphatic carbocycles. The standard InChI is InChI=1S/C27H20FN3O3S/c28-22-10-6-19(7-11-22)16-30-27(32)21-8-12-23(13-9-21)35(33,34)31-18-25(20-4-2-1-3-5-20)24-17-29-15-14-26(24)31/h1-15,17-18H,16H2,(H,30,32). The fraction of sp³-hybridized carbons (Fsp3) is 0.0370. The maximum atomic E-state index is 13.5. The third-order valence-electron chi connectivity index (χ3n) is 5.70. The van der Waals surface area contributed by atoms with Gasteiger partial charge >= 0.3 is 0 Å². The molecule has 0 saturated carbocycles. The first-order chi connectivity index (χ1) is 16.9. The number of aromatic nitrogens is 2. The summed E-state index contributed by atoms with van der Waals surface area (Å²) in [6.45, 7) is 0.227. The van der Waals surface area contributed by atoms with E-state index in [0.29, 0.717) is 11.1 Å². The zero-order valence-corrected chi connectivity index (χ0v) is 19.2. The van der Waals surface area contributed by atoms with Crippen LogP contribution < -0.4 is 5.32 Å². The van der Waals surface area contributed by atoms with Crippen molar-refractivity contribution in [2.45, 2.75) is 11.4 Å². The third-order valence-corrected chi connectivity index (χ3v) is 7.38. The lowest BCUT2D eigenvalue weighted by molar-refractivity contribution is 0.0951. The second-order valence-electron chi connectivity index (χ2n) is 7.94. The molecule has 0 fully saturated rings. The van der Waals surface area contributed by atoms with Crippen molar-refractivity contribution in [2.24, 2.45) is 0 Å². The number of halogens is 1. The van der Waals surface area contributed by atoms with Crippen molar-refractivity contribution in [3.8, 4) is 11.1 Å². The second-order valence-corrected chi connectivity index (χ2v) is 9.75. The molecular weight excluding hydrogens is 465 g/mol. The van der Waals surface area contributed by atoms with Crippen molar-refractivity contribution in [3.63, 3.8) is 0 Å². The van der Waals surface area contributed by atoms with E-state index in [9.17, 15) is 17.6 Å². The first-order valence-electron chi connectivity index (χ1n) is 10.8. The van der Waals surface area contributed by atoms with Crippen LogP contribution in [0.15, 0.2) is 108 Å². The van der Waals surface area contributed by atoms with E-state index < -0.39 is 10.0 Å². The number of fused-ring (bicyclic) bond motifs is 1. The summed E-state index contributed by atoms with van der Waals surface area (Å²) in [6.07, 6.45) is 4.80. The summed E-state index contributed by atoms with van der Waals surface area (Å²) in [5.74, 6) is -0.707. The number of rotatable bonds is 6. The van der Waals surface area contributed by atoms with Gasteiger partial charge in [-0.15, -0.1) is 0 Å². The lowest BCUT2D eigenvalue weighted by Gasteiger charge is -2.09. The number of nitrogens with one attached hydrogen (secondary N) is 1. The van der Waals surface area contributed by atoms with Crippen LogP contribution >= 0.6 is 0 Å². The van der Waals surface area contributed by atoms with Gasteiger partial charge in [0.1, 0.15) is 5.82 Å². The topological polar surface area (TPSA) is 81.1 Å². The second kappa shape index (κ2) is 9.15. The smallest absolute Gasteiger partial charge is 0.268 e. The molecule has 1 amide bonds. The summed E-state index contributed by atoms with van der Waals surface area (Å²) in [5.41, 5.74) is 3.22. The summed E-state index contributed by atoms with van der Waals surface area (Å²) in [6, 6.07) is 22.8. The van der Waals surface area contributed by atoms with Gasteiger partial charge in [0.25, 0.3) is 15.9 Å². The molecule has 35 heavy (non-hydrogen) atoms. The summed E-state index contributed by atoms with van der Waals surface area (Å²) in [7, 11) is -3.93. The molecule has 0 aliphatic heterocycles. The van der Waals surface area contributed by atoms with Crippen LogP contribution in [0.2, 0.25) is 0 Å². The number of hydrogen-bond acceptors (Lipinski definition) is 4. The highest BCUT2D eigenvalue weighted by molar-refractivity contribution is 7.90. The molecule has 5 aromatic rings. The van der Waals surface area contributed by atoms with Crippen molar-refractivity contribution in [2.75, 3.05) is 0 Å². The molecule has 0 aliphatic rings. The molecule has 0 radical (unpaired) electrons.